The van der Waals surface area contributed by atoms with Crippen molar-refractivity contribution in [3.05, 3.63) is 57.7 Å². The highest BCUT2D eigenvalue weighted by Gasteiger charge is 2.19. The van der Waals surface area contributed by atoms with Crippen LogP contribution in [0, 0.1) is 10.8 Å². The minimum atomic E-state index is 0.557. The van der Waals surface area contributed by atoms with Gasteiger partial charge in [-0.3, -0.25) is 0 Å². The van der Waals surface area contributed by atoms with Crippen molar-refractivity contribution in [2.75, 3.05) is 0 Å². The smallest absolute Gasteiger partial charge is 0.0545 e. The molecule has 18 heavy (non-hydrogen) atoms. The van der Waals surface area contributed by atoms with Crippen LogP contribution in [0.25, 0.3) is 0 Å². The van der Waals surface area contributed by atoms with Gasteiger partial charge in [0, 0.05) is 0 Å². The Morgan fingerprint density at radius 1 is 0.556 bits per heavy atom. The molecule has 0 radical (unpaired) electrons. The van der Waals surface area contributed by atoms with E-state index in [1.165, 1.54) is 11.1 Å². The summed E-state index contributed by atoms with van der Waals surface area (Å²) < 4.78 is 0. The highest BCUT2D eigenvalue weighted by Crippen LogP contribution is 2.35. The van der Waals surface area contributed by atoms with Gasteiger partial charge >= 0.3 is 0 Å². The fourth-order valence-electron chi connectivity index (χ4n) is 2.72. The van der Waals surface area contributed by atoms with Crippen LogP contribution in [0.3, 0.4) is 0 Å². The van der Waals surface area contributed by atoms with Crippen molar-refractivity contribution in [1.82, 2.24) is 0 Å². The van der Waals surface area contributed by atoms with Crippen molar-refractivity contribution in [1.29, 1.82) is 10.8 Å². The second-order valence-corrected chi connectivity index (χ2v) is 4.97. The zero-order valence-electron chi connectivity index (χ0n) is 11.3. The van der Waals surface area contributed by atoms with Crippen molar-refractivity contribution in [2.45, 2.75) is 27.7 Å². The number of allylic oxidation sites excluding steroid dienone is 10. The van der Waals surface area contributed by atoms with Crippen LogP contribution in [0.2, 0.25) is 0 Å². The normalized spacial score (nSPS) is 20.4. The Labute approximate surface area is 108 Å². The molecule has 0 aromatic carbocycles. The molecule has 92 valence electrons. The van der Waals surface area contributed by atoms with Crippen molar-refractivity contribution < 1.29 is 0 Å². The summed E-state index contributed by atoms with van der Waals surface area (Å²) in [6.07, 6.45) is 7.59. The summed E-state index contributed by atoms with van der Waals surface area (Å²) in [7, 11) is 0. The van der Waals surface area contributed by atoms with Crippen LogP contribution in [0.15, 0.2) is 57.7 Å². The molecule has 0 fully saturated rings. The van der Waals surface area contributed by atoms with E-state index in [0.29, 0.717) is 11.4 Å². The van der Waals surface area contributed by atoms with Gasteiger partial charge in [0.25, 0.3) is 0 Å². The summed E-state index contributed by atoms with van der Waals surface area (Å²) in [5, 5.41) is 15.5. The van der Waals surface area contributed by atoms with Crippen molar-refractivity contribution in [3.8, 4) is 0 Å². The standard InChI is InChI=1S/C16H18N2/c1-9-5-13(17)6-10(2)15(9)16-11(3)7-14(18)8-12(16)4/h5-8,17-18H,1-4H3. The first-order chi connectivity index (χ1) is 8.40. The van der Waals surface area contributed by atoms with Gasteiger partial charge in [0.2, 0.25) is 0 Å². The Hall–Kier alpha value is -1.96. The van der Waals surface area contributed by atoms with Crippen LogP contribution in [-0.4, -0.2) is 11.4 Å². The summed E-state index contributed by atoms with van der Waals surface area (Å²) in [4.78, 5) is 0. The van der Waals surface area contributed by atoms with Crippen LogP contribution in [-0.2, 0) is 0 Å². The SMILES string of the molecule is CC1=CC(=N)C=C(C)C1=C1C(C)=CC(=N)C=C1C. The molecule has 0 atom stereocenters. The molecule has 2 heteroatoms. The zero-order chi connectivity index (χ0) is 13.4. The lowest BCUT2D eigenvalue weighted by Gasteiger charge is -2.23. The van der Waals surface area contributed by atoms with E-state index in [-0.39, 0.29) is 0 Å². The third kappa shape index (κ3) is 2.06. The van der Waals surface area contributed by atoms with Crippen LogP contribution < -0.4 is 0 Å². The Kier molecular flexibility index (Phi) is 3.04. The molecule has 2 aliphatic carbocycles. The van der Waals surface area contributed by atoms with E-state index in [9.17, 15) is 0 Å². The summed E-state index contributed by atoms with van der Waals surface area (Å²) >= 11 is 0. The molecule has 2 N–H and O–H groups in total. The average molecular weight is 238 g/mol. The third-order valence-corrected chi connectivity index (χ3v) is 3.32. The lowest BCUT2D eigenvalue weighted by Crippen LogP contribution is -2.09. The van der Waals surface area contributed by atoms with E-state index < -0.39 is 0 Å². The van der Waals surface area contributed by atoms with E-state index in [4.69, 9.17) is 10.8 Å². The molecule has 2 nitrogen and oxygen atoms in total. The predicted octanol–water partition coefficient (Wildman–Crippen LogP) is 4.13. The zero-order valence-corrected chi connectivity index (χ0v) is 11.3. The Morgan fingerprint density at radius 2 is 0.778 bits per heavy atom. The molecule has 0 heterocycles. The third-order valence-electron chi connectivity index (χ3n) is 3.32. The number of rotatable bonds is 0. The lowest BCUT2D eigenvalue weighted by atomic mass is 9.81. The van der Waals surface area contributed by atoms with E-state index in [2.05, 4.69) is 0 Å². The first-order valence-corrected chi connectivity index (χ1v) is 6.06. The molecule has 0 aromatic heterocycles. The minimum Gasteiger partial charge on any atom is -0.301 e. The Morgan fingerprint density at radius 3 is 1.00 bits per heavy atom. The molecule has 0 unspecified atom stereocenters. The lowest BCUT2D eigenvalue weighted by molar-refractivity contribution is 1.20. The van der Waals surface area contributed by atoms with Gasteiger partial charge in [-0.1, -0.05) is 0 Å². The molecular weight excluding hydrogens is 220 g/mol. The van der Waals surface area contributed by atoms with Crippen molar-refractivity contribution in [3.63, 3.8) is 0 Å². The first-order valence-electron chi connectivity index (χ1n) is 6.06. The molecule has 0 amide bonds. The highest BCUT2D eigenvalue weighted by atomic mass is 14.4. The van der Waals surface area contributed by atoms with Crippen LogP contribution in [0.4, 0.5) is 0 Å². The van der Waals surface area contributed by atoms with E-state index in [0.717, 1.165) is 22.3 Å². The van der Waals surface area contributed by atoms with Crippen LogP contribution in [0.1, 0.15) is 27.7 Å². The Balaban J connectivity index is 2.68. The average Bonchev–Trinajstić information content (AvgIpc) is 2.20. The fourth-order valence-corrected chi connectivity index (χ4v) is 2.72. The van der Waals surface area contributed by atoms with Gasteiger partial charge in [-0.05, 0) is 85.4 Å². The van der Waals surface area contributed by atoms with E-state index in [1.807, 2.05) is 52.0 Å². The second-order valence-electron chi connectivity index (χ2n) is 4.97. The Bertz CT molecular complexity index is 503. The maximum absolute atomic E-state index is 7.75. The molecule has 0 aromatic rings. The first kappa shape index (κ1) is 12.5. The summed E-state index contributed by atoms with van der Waals surface area (Å²) in [6, 6.07) is 0. The monoisotopic (exact) mass is 238 g/mol. The topological polar surface area (TPSA) is 47.7 Å². The van der Waals surface area contributed by atoms with Crippen molar-refractivity contribution in [2.24, 2.45) is 0 Å². The maximum atomic E-state index is 7.75. The largest absolute Gasteiger partial charge is 0.301 e. The molecule has 2 aliphatic rings. The number of nitrogens with one attached hydrogen (secondary N) is 2. The predicted molar refractivity (Wildman–Crippen MR) is 77.5 cm³/mol. The molecule has 2 rings (SSSR count). The fraction of sp³-hybridized carbons (Fsp3) is 0.250. The van der Waals surface area contributed by atoms with Gasteiger partial charge in [0.1, 0.15) is 0 Å². The minimum absolute atomic E-state index is 0.557. The maximum Gasteiger partial charge on any atom is 0.0545 e. The van der Waals surface area contributed by atoms with E-state index in [1.54, 1.807) is 0 Å². The van der Waals surface area contributed by atoms with Crippen molar-refractivity contribution >= 4 is 11.4 Å². The highest BCUT2D eigenvalue weighted by molar-refractivity contribution is 6.07. The summed E-state index contributed by atoms with van der Waals surface area (Å²) in [6.45, 7) is 8.20. The molecule has 0 spiro atoms. The number of hydrogen-bond acceptors (Lipinski definition) is 2. The summed E-state index contributed by atoms with van der Waals surface area (Å²) in [5.74, 6) is 0. The van der Waals surface area contributed by atoms with E-state index >= 15 is 0 Å². The van der Waals surface area contributed by atoms with Gasteiger partial charge in [-0.25, -0.2) is 0 Å². The van der Waals surface area contributed by atoms with Gasteiger partial charge in [0.15, 0.2) is 0 Å². The van der Waals surface area contributed by atoms with Crippen LogP contribution in [0.5, 0.6) is 0 Å². The molecular formula is C16H18N2. The number of hydrogen-bond donors (Lipinski definition) is 2. The summed E-state index contributed by atoms with van der Waals surface area (Å²) in [5.41, 5.74) is 8.05. The van der Waals surface area contributed by atoms with Gasteiger partial charge < -0.3 is 10.8 Å². The molecule has 0 saturated carbocycles. The van der Waals surface area contributed by atoms with Gasteiger partial charge in [0.05, 0.1) is 11.4 Å². The van der Waals surface area contributed by atoms with Gasteiger partial charge in [-0.15, -0.1) is 0 Å². The van der Waals surface area contributed by atoms with Gasteiger partial charge in [-0.2, -0.15) is 0 Å². The molecule has 0 saturated heterocycles. The van der Waals surface area contributed by atoms with Crippen LogP contribution >= 0.6 is 0 Å². The second kappa shape index (κ2) is 4.37. The molecule has 0 aliphatic heterocycles. The quantitative estimate of drug-likeness (QED) is 0.637. The molecule has 0 bridgehead atoms.